The summed E-state index contributed by atoms with van der Waals surface area (Å²) >= 11 is 0. The minimum atomic E-state index is -0.195. The zero-order chi connectivity index (χ0) is 14.6. The van der Waals surface area contributed by atoms with E-state index in [9.17, 15) is 0 Å². The quantitative estimate of drug-likeness (QED) is 0.552. The van der Waals surface area contributed by atoms with Crippen molar-refractivity contribution in [2.45, 2.75) is 45.6 Å². The molecule has 9 heteroatoms. The second-order valence-corrected chi connectivity index (χ2v) is 6.07. The lowest BCUT2D eigenvalue weighted by Gasteiger charge is -2.34. The molecule has 0 aromatic carbocycles. The van der Waals surface area contributed by atoms with Gasteiger partial charge in [-0.2, -0.15) is 15.6 Å². The number of tetrazole rings is 1. The number of aromatic nitrogens is 4. The van der Waals surface area contributed by atoms with E-state index in [1.807, 2.05) is 6.92 Å². The molecule has 0 atom stereocenters. The van der Waals surface area contributed by atoms with Crippen molar-refractivity contribution in [2.75, 3.05) is 0 Å². The highest BCUT2D eigenvalue weighted by Gasteiger charge is 2.34. The molecule has 4 rings (SSSR count). The second-order valence-electron chi connectivity index (χ2n) is 6.07. The van der Waals surface area contributed by atoms with Crippen molar-refractivity contribution < 1.29 is 4.74 Å². The van der Waals surface area contributed by atoms with E-state index >= 15 is 0 Å². The third-order valence-corrected chi connectivity index (χ3v) is 4.15. The number of aryl methyl sites for hydroxylation is 1. The number of pyridine rings is 1. The van der Waals surface area contributed by atoms with Crippen molar-refractivity contribution in [3.63, 3.8) is 0 Å². The third kappa shape index (κ3) is 1.93. The summed E-state index contributed by atoms with van der Waals surface area (Å²) in [6.07, 6.45) is 0.712. The zero-order valence-electron chi connectivity index (χ0n) is 12.2. The predicted octanol–water partition coefficient (Wildman–Crippen LogP) is -0.600. The van der Waals surface area contributed by atoms with Crippen LogP contribution in [0.15, 0.2) is 0 Å². The molecule has 4 heterocycles. The standard InChI is InChI=1S/C12H18N8O/c1-6-8-5-21-12(2,3)4-7(8)9(10-13-16-17-14-10)11-15-18-19-20(6)11/h10,13-14,16-17H,4-5H2,1-3H3. The lowest BCUT2D eigenvalue weighted by atomic mass is 9.87. The van der Waals surface area contributed by atoms with Crippen molar-refractivity contribution in [2.24, 2.45) is 0 Å². The predicted molar refractivity (Wildman–Crippen MR) is 73.4 cm³/mol. The van der Waals surface area contributed by atoms with Gasteiger partial charge in [0.25, 0.3) is 0 Å². The first-order valence-corrected chi connectivity index (χ1v) is 6.94. The molecule has 2 aromatic heterocycles. The van der Waals surface area contributed by atoms with Crippen molar-refractivity contribution in [3.8, 4) is 0 Å². The molecule has 2 aromatic rings. The van der Waals surface area contributed by atoms with Crippen LogP contribution < -0.4 is 21.9 Å². The van der Waals surface area contributed by atoms with Crippen LogP contribution in [0.4, 0.5) is 0 Å². The molecule has 0 unspecified atom stereocenters. The summed E-state index contributed by atoms with van der Waals surface area (Å²) < 4.78 is 7.74. The highest BCUT2D eigenvalue weighted by molar-refractivity contribution is 5.57. The molecule has 21 heavy (non-hydrogen) atoms. The Balaban J connectivity index is 2.00. The average molecular weight is 290 g/mol. The van der Waals surface area contributed by atoms with Gasteiger partial charge in [-0.15, -0.1) is 5.10 Å². The molecular weight excluding hydrogens is 272 g/mol. The highest BCUT2D eigenvalue weighted by atomic mass is 16.5. The Morgan fingerprint density at radius 1 is 1.24 bits per heavy atom. The van der Waals surface area contributed by atoms with Gasteiger partial charge >= 0.3 is 0 Å². The maximum Gasteiger partial charge on any atom is 0.186 e. The van der Waals surface area contributed by atoms with Crippen LogP contribution in [-0.2, 0) is 17.8 Å². The SMILES string of the molecule is Cc1c2c(c(C3NNNN3)c3nnnn13)CC(C)(C)OC2. The summed E-state index contributed by atoms with van der Waals surface area (Å²) in [4.78, 5) is 0. The summed E-state index contributed by atoms with van der Waals surface area (Å²) in [5.74, 6) is 0. The fraction of sp³-hybridized carbons (Fsp3) is 0.583. The van der Waals surface area contributed by atoms with Gasteiger partial charge in [0.15, 0.2) is 5.65 Å². The van der Waals surface area contributed by atoms with E-state index < -0.39 is 0 Å². The van der Waals surface area contributed by atoms with E-state index in [1.165, 1.54) is 11.1 Å². The highest BCUT2D eigenvalue weighted by Crippen LogP contribution is 2.35. The van der Waals surface area contributed by atoms with Gasteiger partial charge in [0.1, 0.15) is 6.17 Å². The molecule has 1 fully saturated rings. The zero-order valence-corrected chi connectivity index (χ0v) is 12.2. The van der Waals surface area contributed by atoms with Gasteiger partial charge in [-0.1, -0.05) is 0 Å². The van der Waals surface area contributed by atoms with Gasteiger partial charge in [0.2, 0.25) is 0 Å². The Morgan fingerprint density at radius 2 is 2.00 bits per heavy atom. The maximum atomic E-state index is 5.96. The van der Waals surface area contributed by atoms with Crippen LogP contribution in [0.5, 0.6) is 0 Å². The fourth-order valence-electron chi connectivity index (χ4n) is 3.06. The third-order valence-electron chi connectivity index (χ3n) is 4.15. The number of hydrogen-bond donors (Lipinski definition) is 4. The van der Waals surface area contributed by atoms with Gasteiger partial charge in [-0.3, -0.25) is 0 Å². The lowest BCUT2D eigenvalue weighted by molar-refractivity contribution is -0.0409. The van der Waals surface area contributed by atoms with E-state index in [4.69, 9.17) is 4.74 Å². The molecule has 4 N–H and O–H groups in total. The topological polar surface area (TPSA) is 100 Å². The van der Waals surface area contributed by atoms with E-state index in [-0.39, 0.29) is 11.8 Å². The molecular formula is C12H18N8O. The van der Waals surface area contributed by atoms with Gasteiger partial charge in [-0.25, -0.2) is 10.9 Å². The molecule has 1 saturated heterocycles. The average Bonchev–Trinajstić information content (AvgIpc) is 3.08. The summed E-state index contributed by atoms with van der Waals surface area (Å²) in [6.45, 7) is 6.81. The largest absolute Gasteiger partial charge is 0.370 e. The Morgan fingerprint density at radius 3 is 2.76 bits per heavy atom. The van der Waals surface area contributed by atoms with Crippen LogP contribution in [0.2, 0.25) is 0 Å². The van der Waals surface area contributed by atoms with Crippen molar-refractivity contribution in [1.82, 2.24) is 42.0 Å². The number of rotatable bonds is 1. The molecule has 2 aliphatic rings. The van der Waals surface area contributed by atoms with Gasteiger partial charge in [0, 0.05) is 23.2 Å². The molecule has 112 valence electrons. The van der Waals surface area contributed by atoms with Crippen LogP contribution in [-0.4, -0.2) is 25.6 Å². The summed E-state index contributed by atoms with van der Waals surface area (Å²) in [5.41, 5.74) is 17.0. The Kier molecular flexibility index (Phi) is 2.75. The maximum absolute atomic E-state index is 5.96. The molecule has 0 spiro atoms. The number of hydrogen-bond acceptors (Lipinski definition) is 8. The van der Waals surface area contributed by atoms with E-state index in [2.05, 4.69) is 51.3 Å². The summed E-state index contributed by atoms with van der Waals surface area (Å²) in [6, 6.07) is 0. The van der Waals surface area contributed by atoms with Crippen LogP contribution in [0, 0.1) is 6.92 Å². The minimum absolute atomic E-state index is 0.109. The second kappa shape index (κ2) is 4.42. The van der Waals surface area contributed by atoms with E-state index in [0.29, 0.717) is 6.61 Å². The number of nitrogens with zero attached hydrogens (tertiary/aromatic N) is 4. The van der Waals surface area contributed by atoms with Gasteiger partial charge in [-0.05, 0) is 36.8 Å². The first kappa shape index (κ1) is 13.0. The fourth-order valence-corrected chi connectivity index (χ4v) is 3.06. The smallest absolute Gasteiger partial charge is 0.186 e. The first-order valence-electron chi connectivity index (χ1n) is 6.94. The lowest BCUT2D eigenvalue weighted by Crippen LogP contribution is -2.36. The van der Waals surface area contributed by atoms with Crippen molar-refractivity contribution in [3.05, 3.63) is 22.4 Å². The Hall–Kier alpha value is -1.65. The molecule has 0 amide bonds. The Labute approximate surface area is 121 Å². The number of ether oxygens (including phenoxy) is 1. The number of hydrazine groups is 3. The van der Waals surface area contributed by atoms with Crippen molar-refractivity contribution in [1.29, 1.82) is 0 Å². The molecule has 0 saturated carbocycles. The molecule has 2 aliphatic heterocycles. The van der Waals surface area contributed by atoms with Gasteiger partial charge < -0.3 is 4.74 Å². The molecule has 0 bridgehead atoms. The number of nitrogens with one attached hydrogen (secondary N) is 4. The van der Waals surface area contributed by atoms with Crippen LogP contribution >= 0.6 is 0 Å². The first-order chi connectivity index (χ1) is 10.1. The minimum Gasteiger partial charge on any atom is -0.370 e. The van der Waals surface area contributed by atoms with E-state index in [1.54, 1.807) is 4.52 Å². The summed E-state index contributed by atoms with van der Waals surface area (Å²) in [7, 11) is 0. The van der Waals surface area contributed by atoms with E-state index in [0.717, 1.165) is 23.3 Å². The van der Waals surface area contributed by atoms with Gasteiger partial charge in [0.05, 0.1) is 12.2 Å². The monoisotopic (exact) mass is 290 g/mol. The summed E-state index contributed by atoms with van der Waals surface area (Å²) in [5, 5.41) is 12.1. The number of fused-ring (bicyclic) bond motifs is 2. The van der Waals surface area contributed by atoms with Crippen LogP contribution in [0.25, 0.3) is 5.65 Å². The van der Waals surface area contributed by atoms with Crippen LogP contribution in [0.3, 0.4) is 0 Å². The molecule has 0 radical (unpaired) electrons. The Bertz CT molecular complexity index is 703. The molecule has 9 nitrogen and oxygen atoms in total. The normalized spacial score (nSPS) is 21.9. The molecule has 0 aliphatic carbocycles. The van der Waals surface area contributed by atoms with Crippen LogP contribution in [0.1, 0.15) is 42.4 Å². The van der Waals surface area contributed by atoms with Crippen molar-refractivity contribution >= 4 is 5.65 Å².